The fourth-order valence-electron chi connectivity index (χ4n) is 1.97. The Kier molecular flexibility index (Phi) is 4.60. The lowest BCUT2D eigenvalue weighted by Crippen LogP contribution is -1.98. The average molecular weight is 177 g/mol. The second-order valence-corrected chi connectivity index (χ2v) is 3.86. The summed E-state index contributed by atoms with van der Waals surface area (Å²) in [6, 6.07) is 2.36. The maximum Gasteiger partial charge on any atom is 0.0946 e. The summed E-state index contributed by atoms with van der Waals surface area (Å²) in [6.45, 7) is 2.22. The van der Waals surface area contributed by atoms with Crippen LogP contribution in [-0.2, 0) is 0 Å². The van der Waals surface area contributed by atoms with Crippen LogP contribution >= 0.6 is 0 Å². The number of allylic oxidation sites excluding steroid dienone is 2. The zero-order valence-electron chi connectivity index (χ0n) is 8.60. The molecule has 0 aromatic heterocycles. The molecule has 1 nitrogen and oxygen atoms in total. The van der Waals surface area contributed by atoms with Crippen LogP contribution < -0.4 is 0 Å². The number of nitrogens with zero attached hydrogens (tertiary/aromatic N) is 1. The number of rotatable bonds is 4. The van der Waals surface area contributed by atoms with Gasteiger partial charge < -0.3 is 0 Å². The smallest absolute Gasteiger partial charge is 0.0946 e. The lowest BCUT2D eigenvalue weighted by Gasteiger charge is -2.15. The molecule has 0 N–H and O–H groups in total. The van der Waals surface area contributed by atoms with Gasteiger partial charge in [0.05, 0.1) is 6.07 Å². The molecular formula is C12H19N. The molecular weight excluding hydrogens is 158 g/mol. The molecule has 0 radical (unpaired) electrons. The van der Waals surface area contributed by atoms with Gasteiger partial charge in [0, 0.05) is 5.57 Å². The highest BCUT2D eigenvalue weighted by atomic mass is 14.3. The summed E-state index contributed by atoms with van der Waals surface area (Å²) in [7, 11) is 0. The predicted octanol–water partition coefficient (Wildman–Crippen LogP) is 3.96. The molecule has 0 aromatic rings. The van der Waals surface area contributed by atoms with Crippen molar-refractivity contribution >= 4 is 0 Å². The van der Waals surface area contributed by atoms with Gasteiger partial charge in [0.1, 0.15) is 0 Å². The van der Waals surface area contributed by atoms with Crippen molar-refractivity contribution in [2.45, 2.75) is 58.3 Å². The minimum atomic E-state index is 1.04. The van der Waals surface area contributed by atoms with Crippen LogP contribution in [0.5, 0.6) is 0 Å². The summed E-state index contributed by atoms with van der Waals surface area (Å²) in [5.74, 6) is 0. The third-order valence-electron chi connectivity index (χ3n) is 2.80. The first-order chi connectivity index (χ1) is 6.38. The number of unbranched alkanes of at least 4 members (excludes halogenated alkanes) is 2. The molecule has 0 atom stereocenters. The maximum atomic E-state index is 8.91. The highest BCUT2D eigenvalue weighted by molar-refractivity contribution is 5.29. The van der Waals surface area contributed by atoms with Crippen molar-refractivity contribution < 1.29 is 0 Å². The molecule has 1 aliphatic rings. The quantitative estimate of drug-likeness (QED) is 0.596. The van der Waals surface area contributed by atoms with Crippen molar-refractivity contribution in [3.63, 3.8) is 0 Å². The van der Waals surface area contributed by atoms with Gasteiger partial charge in [0.25, 0.3) is 0 Å². The summed E-state index contributed by atoms with van der Waals surface area (Å²) in [5.41, 5.74) is 2.56. The summed E-state index contributed by atoms with van der Waals surface area (Å²) in [5, 5.41) is 8.91. The molecule has 72 valence electrons. The van der Waals surface area contributed by atoms with Crippen LogP contribution in [0.15, 0.2) is 11.1 Å². The summed E-state index contributed by atoms with van der Waals surface area (Å²) in [6.07, 6.45) is 9.78. The van der Waals surface area contributed by atoms with E-state index in [-0.39, 0.29) is 0 Å². The molecule has 1 aliphatic carbocycles. The van der Waals surface area contributed by atoms with Crippen LogP contribution in [-0.4, -0.2) is 0 Å². The minimum Gasteiger partial charge on any atom is -0.193 e. The van der Waals surface area contributed by atoms with Gasteiger partial charge in [-0.15, -0.1) is 0 Å². The predicted molar refractivity (Wildman–Crippen MR) is 55.2 cm³/mol. The first kappa shape index (κ1) is 10.3. The van der Waals surface area contributed by atoms with E-state index in [1.807, 2.05) is 0 Å². The van der Waals surface area contributed by atoms with Crippen molar-refractivity contribution in [2.75, 3.05) is 0 Å². The molecule has 0 heterocycles. The van der Waals surface area contributed by atoms with Crippen LogP contribution in [0.3, 0.4) is 0 Å². The van der Waals surface area contributed by atoms with E-state index in [0.29, 0.717) is 0 Å². The molecule has 0 saturated heterocycles. The Balaban J connectivity index is 2.44. The van der Waals surface area contributed by atoms with Gasteiger partial charge in [-0.1, -0.05) is 25.3 Å². The van der Waals surface area contributed by atoms with Gasteiger partial charge in [0.15, 0.2) is 0 Å². The number of nitriles is 1. The number of hydrogen-bond acceptors (Lipinski definition) is 1. The van der Waals surface area contributed by atoms with Crippen molar-refractivity contribution in [3.8, 4) is 6.07 Å². The third kappa shape index (κ3) is 3.22. The maximum absolute atomic E-state index is 8.91. The van der Waals surface area contributed by atoms with Gasteiger partial charge in [-0.2, -0.15) is 5.26 Å². The standard InChI is InChI=1S/C12H19N/c1-2-3-4-7-11-8-5-6-9-12(11)10-13/h2-9H2,1H3. The molecule has 0 unspecified atom stereocenters. The highest BCUT2D eigenvalue weighted by Gasteiger charge is 2.11. The second-order valence-electron chi connectivity index (χ2n) is 3.86. The Morgan fingerprint density at radius 2 is 2.00 bits per heavy atom. The monoisotopic (exact) mass is 177 g/mol. The van der Waals surface area contributed by atoms with Gasteiger partial charge in [-0.3, -0.25) is 0 Å². The lowest BCUT2D eigenvalue weighted by atomic mass is 9.89. The molecule has 0 aromatic carbocycles. The molecule has 0 aliphatic heterocycles. The third-order valence-corrected chi connectivity index (χ3v) is 2.80. The number of hydrogen-bond donors (Lipinski definition) is 0. The summed E-state index contributed by atoms with van der Waals surface area (Å²) >= 11 is 0. The molecule has 0 fully saturated rings. The Morgan fingerprint density at radius 1 is 1.23 bits per heavy atom. The van der Waals surface area contributed by atoms with Crippen molar-refractivity contribution in [2.24, 2.45) is 0 Å². The van der Waals surface area contributed by atoms with E-state index in [1.165, 1.54) is 50.5 Å². The molecule has 13 heavy (non-hydrogen) atoms. The fourth-order valence-corrected chi connectivity index (χ4v) is 1.97. The summed E-state index contributed by atoms with van der Waals surface area (Å²) < 4.78 is 0. The molecule has 0 saturated carbocycles. The topological polar surface area (TPSA) is 23.8 Å². The molecule has 0 bridgehead atoms. The van der Waals surface area contributed by atoms with Crippen molar-refractivity contribution in [1.29, 1.82) is 5.26 Å². The molecule has 1 heteroatoms. The minimum absolute atomic E-state index is 1.04. The first-order valence-electron chi connectivity index (χ1n) is 5.49. The van der Waals surface area contributed by atoms with E-state index in [9.17, 15) is 0 Å². The SMILES string of the molecule is CCCCCC1=C(C#N)CCCC1. The van der Waals surface area contributed by atoms with Crippen LogP contribution in [0.1, 0.15) is 58.3 Å². The van der Waals surface area contributed by atoms with Gasteiger partial charge in [-0.25, -0.2) is 0 Å². The first-order valence-corrected chi connectivity index (χ1v) is 5.49. The Hall–Kier alpha value is -0.770. The average Bonchev–Trinajstić information content (AvgIpc) is 2.19. The van der Waals surface area contributed by atoms with E-state index >= 15 is 0 Å². The van der Waals surface area contributed by atoms with E-state index in [1.54, 1.807) is 0 Å². The van der Waals surface area contributed by atoms with Gasteiger partial charge in [-0.05, 0) is 38.5 Å². The van der Waals surface area contributed by atoms with E-state index in [0.717, 1.165) is 12.0 Å². The normalized spacial score (nSPS) is 17.2. The highest BCUT2D eigenvalue weighted by Crippen LogP contribution is 2.27. The Bertz CT molecular complexity index is 220. The summed E-state index contributed by atoms with van der Waals surface area (Å²) in [4.78, 5) is 0. The Labute approximate surface area is 81.5 Å². The zero-order valence-corrected chi connectivity index (χ0v) is 8.60. The largest absolute Gasteiger partial charge is 0.193 e. The van der Waals surface area contributed by atoms with E-state index < -0.39 is 0 Å². The van der Waals surface area contributed by atoms with Gasteiger partial charge in [0.2, 0.25) is 0 Å². The van der Waals surface area contributed by atoms with E-state index in [4.69, 9.17) is 5.26 Å². The van der Waals surface area contributed by atoms with Crippen LogP contribution in [0.2, 0.25) is 0 Å². The zero-order chi connectivity index (χ0) is 9.52. The molecule has 1 rings (SSSR count). The van der Waals surface area contributed by atoms with Crippen molar-refractivity contribution in [1.82, 2.24) is 0 Å². The van der Waals surface area contributed by atoms with Gasteiger partial charge >= 0.3 is 0 Å². The van der Waals surface area contributed by atoms with E-state index in [2.05, 4.69) is 13.0 Å². The Morgan fingerprint density at radius 3 is 2.69 bits per heavy atom. The van der Waals surface area contributed by atoms with Crippen LogP contribution in [0.25, 0.3) is 0 Å². The molecule has 0 amide bonds. The van der Waals surface area contributed by atoms with Crippen molar-refractivity contribution in [3.05, 3.63) is 11.1 Å². The molecule has 0 spiro atoms. The lowest BCUT2D eigenvalue weighted by molar-refractivity contribution is 0.628. The van der Waals surface area contributed by atoms with Crippen LogP contribution in [0, 0.1) is 11.3 Å². The fraction of sp³-hybridized carbons (Fsp3) is 0.750. The van der Waals surface area contributed by atoms with Crippen LogP contribution in [0.4, 0.5) is 0 Å². The second kappa shape index (κ2) is 5.80.